The number of nitrogens with one attached hydrogen (secondary N) is 2. The van der Waals surface area contributed by atoms with Crippen LogP contribution in [-0.2, 0) is 15.7 Å². The number of ether oxygens (including phenoxy) is 2. The Morgan fingerprint density at radius 1 is 1.12 bits per heavy atom. The molecule has 43 heavy (non-hydrogen) atoms. The van der Waals surface area contributed by atoms with Gasteiger partial charge in [-0.3, -0.25) is 4.79 Å². The molecule has 0 spiro atoms. The minimum Gasteiger partial charge on any atom is -0.444 e. The van der Waals surface area contributed by atoms with Crippen LogP contribution in [0.2, 0.25) is 5.02 Å². The van der Waals surface area contributed by atoms with Gasteiger partial charge in [0, 0.05) is 43.2 Å². The zero-order valence-electron chi connectivity index (χ0n) is 23.7. The summed E-state index contributed by atoms with van der Waals surface area (Å²) in [7, 11) is 0. The number of halogens is 4. The fraction of sp³-hybridized carbons (Fsp3) is 0.333. The lowest BCUT2D eigenvalue weighted by atomic mass is 10.1. The lowest BCUT2D eigenvalue weighted by Gasteiger charge is -2.33. The zero-order chi connectivity index (χ0) is 31.2. The highest BCUT2D eigenvalue weighted by molar-refractivity contribution is 6.31. The van der Waals surface area contributed by atoms with Gasteiger partial charge in [-0.05, 0) is 75.6 Å². The second kappa shape index (κ2) is 13.3. The number of rotatable bonds is 7. The number of alkyl carbamates (subject to hydrolysis) is 1. The number of nitrogens with zero attached hydrogens (tertiary/aromatic N) is 3. The Morgan fingerprint density at radius 2 is 1.91 bits per heavy atom. The Kier molecular flexibility index (Phi) is 9.80. The van der Waals surface area contributed by atoms with E-state index in [9.17, 15) is 22.8 Å². The maximum Gasteiger partial charge on any atom is 0.417 e. The number of piperidine rings is 1. The van der Waals surface area contributed by atoms with Gasteiger partial charge >= 0.3 is 12.3 Å². The van der Waals surface area contributed by atoms with Gasteiger partial charge in [-0.1, -0.05) is 23.7 Å². The molecule has 2 aromatic carbocycles. The van der Waals surface area contributed by atoms with Crippen molar-refractivity contribution < 1.29 is 32.2 Å². The molecule has 228 valence electrons. The average molecular weight is 618 g/mol. The summed E-state index contributed by atoms with van der Waals surface area (Å²) in [6.45, 7) is 6.65. The average Bonchev–Trinajstić information content (AvgIpc) is 2.92. The molecule has 1 fully saturated rings. The standard InChI is InChI=1S/C30H31ClF3N5O4/c1-29(2,3)43-28(41)37-21-7-5-15-39(18-21)27-35-14-13-26(38-27)42-22-8-4-6-19(16-22)9-12-25(40)36-20-10-11-24(31)23(17-20)30(32,33)34/h4,6,8-14,16-17,21H,5,7,15,18H2,1-3H3,(H,36,40)(H,37,41). The van der Waals surface area contributed by atoms with Crippen LogP contribution in [0.1, 0.15) is 44.7 Å². The van der Waals surface area contributed by atoms with Gasteiger partial charge in [0.05, 0.1) is 10.6 Å². The third-order valence-electron chi connectivity index (χ3n) is 6.09. The highest BCUT2D eigenvalue weighted by Gasteiger charge is 2.33. The topological polar surface area (TPSA) is 106 Å². The molecule has 1 atom stereocenters. The normalized spacial score (nSPS) is 15.7. The Hall–Kier alpha value is -4.32. The molecular weight excluding hydrogens is 587 g/mol. The van der Waals surface area contributed by atoms with Crippen molar-refractivity contribution in [1.82, 2.24) is 15.3 Å². The molecule has 1 aliphatic heterocycles. The van der Waals surface area contributed by atoms with Crippen molar-refractivity contribution in [1.29, 1.82) is 0 Å². The van der Waals surface area contributed by atoms with E-state index in [2.05, 4.69) is 20.6 Å². The third kappa shape index (κ3) is 9.60. The van der Waals surface area contributed by atoms with Crippen molar-refractivity contribution in [2.45, 2.75) is 51.4 Å². The van der Waals surface area contributed by atoms with E-state index >= 15 is 0 Å². The van der Waals surface area contributed by atoms with Gasteiger partial charge in [0.25, 0.3) is 0 Å². The van der Waals surface area contributed by atoms with Gasteiger partial charge in [-0.15, -0.1) is 0 Å². The Labute approximate surface area is 252 Å². The molecule has 13 heteroatoms. The van der Waals surface area contributed by atoms with E-state index in [1.165, 1.54) is 18.2 Å². The summed E-state index contributed by atoms with van der Waals surface area (Å²) in [6, 6.07) is 11.5. The maximum atomic E-state index is 13.1. The molecule has 2 N–H and O–H groups in total. The fourth-order valence-electron chi connectivity index (χ4n) is 4.27. The second-order valence-electron chi connectivity index (χ2n) is 10.8. The smallest absolute Gasteiger partial charge is 0.417 e. The predicted molar refractivity (Wildman–Crippen MR) is 157 cm³/mol. The maximum absolute atomic E-state index is 13.1. The van der Waals surface area contributed by atoms with Crippen LogP contribution in [0.15, 0.2) is 60.8 Å². The molecule has 4 rings (SSSR count). The van der Waals surface area contributed by atoms with Crippen molar-refractivity contribution in [2.24, 2.45) is 0 Å². The predicted octanol–water partition coefficient (Wildman–Crippen LogP) is 7.09. The van der Waals surface area contributed by atoms with E-state index in [4.69, 9.17) is 21.1 Å². The van der Waals surface area contributed by atoms with E-state index in [0.29, 0.717) is 36.2 Å². The molecule has 3 aromatic rings. The Bertz CT molecular complexity index is 1490. The summed E-state index contributed by atoms with van der Waals surface area (Å²) < 4.78 is 50.6. The number of benzene rings is 2. The van der Waals surface area contributed by atoms with E-state index in [-0.39, 0.29) is 11.7 Å². The lowest BCUT2D eigenvalue weighted by Crippen LogP contribution is -2.49. The van der Waals surface area contributed by atoms with Crippen LogP contribution >= 0.6 is 11.6 Å². The minimum absolute atomic E-state index is 0.0383. The van der Waals surface area contributed by atoms with Crippen molar-refractivity contribution in [3.63, 3.8) is 0 Å². The van der Waals surface area contributed by atoms with Gasteiger partial charge in [0.1, 0.15) is 11.4 Å². The number of carbonyl (C=O) groups excluding carboxylic acids is 2. The first-order valence-corrected chi connectivity index (χ1v) is 13.8. The van der Waals surface area contributed by atoms with Gasteiger partial charge in [-0.2, -0.15) is 18.2 Å². The van der Waals surface area contributed by atoms with Gasteiger partial charge in [-0.25, -0.2) is 9.78 Å². The quantitative estimate of drug-likeness (QED) is 0.273. The highest BCUT2D eigenvalue weighted by atomic mass is 35.5. The molecule has 9 nitrogen and oxygen atoms in total. The third-order valence-corrected chi connectivity index (χ3v) is 6.42. The molecule has 0 saturated carbocycles. The summed E-state index contributed by atoms with van der Waals surface area (Å²) in [5, 5.41) is 4.85. The van der Waals surface area contributed by atoms with E-state index < -0.39 is 34.4 Å². The van der Waals surface area contributed by atoms with Crippen molar-refractivity contribution in [3.8, 4) is 11.6 Å². The van der Waals surface area contributed by atoms with Crippen LogP contribution in [0.4, 0.5) is 29.6 Å². The lowest BCUT2D eigenvalue weighted by molar-refractivity contribution is -0.137. The molecule has 0 radical (unpaired) electrons. The molecule has 0 aliphatic carbocycles. The van der Waals surface area contributed by atoms with Crippen LogP contribution < -0.4 is 20.3 Å². The molecule has 1 aliphatic rings. The zero-order valence-corrected chi connectivity index (χ0v) is 24.5. The minimum atomic E-state index is -4.65. The molecule has 2 amide bonds. The summed E-state index contributed by atoms with van der Waals surface area (Å²) in [5.41, 5.74) is -1.05. The molecular formula is C30H31ClF3N5O4. The van der Waals surface area contributed by atoms with Crippen LogP contribution in [-0.4, -0.2) is 46.7 Å². The summed E-state index contributed by atoms with van der Waals surface area (Å²) in [6.07, 6.45) is 0.800. The summed E-state index contributed by atoms with van der Waals surface area (Å²) >= 11 is 5.63. The summed E-state index contributed by atoms with van der Waals surface area (Å²) in [5.74, 6) is 0.581. The molecule has 0 bridgehead atoms. The molecule has 1 unspecified atom stereocenters. The monoisotopic (exact) mass is 617 g/mol. The Balaban J connectivity index is 1.37. The number of carbonyl (C=O) groups is 2. The molecule has 2 heterocycles. The number of aromatic nitrogens is 2. The first kappa shape index (κ1) is 31.6. The number of hydrogen-bond acceptors (Lipinski definition) is 7. The van der Waals surface area contributed by atoms with Gasteiger partial charge < -0.3 is 25.0 Å². The van der Waals surface area contributed by atoms with Crippen LogP contribution in [0.5, 0.6) is 11.6 Å². The fourth-order valence-corrected chi connectivity index (χ4v) is 4.50. The number of anilines is 2. The van der Waals surface area contributed by atoms with Crippen LogP contribution in [0.25, 0.3) is 6.08 Å². The SMILES string of the molecule is CC(C)(C)OC(=O)NC1CCCN(c2nccc(Oc3cccc(C=CC(=O)Nc4ccc(Cl)c(C(F)(F)F)c4)c3)n2)C1. The van der Waals surface area contributed by atoms with Gasteiger partial charge in [0.2, 0.25) is 17.7 Å². The number of alkyl halides is 3. The van der Waals surface area contributed by atoms with Crippen molar-refractivity contribution in [3.05, 3.63) is 77.0 Å². The van der Waals surface area contributed by atoms with Crippen molar-refractivity contribution in [2.75, 3.05) is 23.3 Å². The largest absolute Gasteiger partial charge is 0.444 e. The van der Waals surface area contributed by atoms with E-state index in [1.54, 1.807) is 36.5 Å². The highest BCUT2D eigenvalue weighted by Crippen LogP contribution is 2.36. The first-order valence-electron chi connectivity index (χ1n) is 13.5. The Morgan fingerprint density at radius 3 is 2.65 bits per heavy atom. The number of amides is 2. The van der Waals surface area contributed by atoms with E-state index in [1.807, 2.05) is 25.7 Å². The second-order valence-corrected chi connectivity index (χ2v) is 11.2. The molecule has 1 saturated heterocycles. The molecule has 1 aromatic heterocycles. The van der Waals surface area contributed by atoms with Gasteiger partial charge in [0.15, 0.2) is 0 Å². The summed E-state index contributed by atoms with van der Waals surface area (Å²) in [4.78, 5) is 35.4. The first-order chi connectivity index (χ1) is 20.2. The van der Waals surface area contributed by atoms with E-state index in [0.717, 1.165) is 25.0 Å². The number of hydrogen-bond donors (Lipinski definition) is 2. The van der Waals surface area contributed by atoms with Crippen LogP contribution in [0, 0.1) is 0 Å². The van der Waals surface area contributed by atoms with Crippen LogP contribution in [0.3, 0.4) is 0 Å². The van der Waals surface area contributed by atoms with Crippen molar-refractivity contribution >= 4 is 41.3 Å².